The maximum absolute atomic E-state index is 11.9. The van der Waals surface area contributed by atoms with Crippen LogP contribution in [0.2, 0.25) is 0 Å². The second-order valence-corrected chi connectivity index (χ2v) is 4.92. The number of para-hydroxylation sites is 1. The van der Waals surface area contributed by atoms with Crippen molar-refractivity contribution in [2.24, 2.45) is 0 Å². The minimum atomic E-state index is -0.412. The summed E-state index contributed by atoms with van der Waals surface area (Å²) in [6.07, 6.45) is 1.76. The number of rotatable bonds is 4. The van der Waals surface area contributed by atoms with Crippen LogP contribution >= 0.6 is 15.9 Å². The largest absolute Gasteiger partial charge is 0.464 e. The highest BCUT2D eigenvalue weighted by Crippen LogP contribution is 2.23. The number of anilines is 1. The van der Waals surface area contributed by atoms with Crippen molar-refractivity contribution < 1.29 is 9.53 Å². The molecule has 0 unspecified atom stereocenters. The molecule has 102 valence electrons. The van der Waals surface area contributed by atoms with E-state index in [0.29, 0.717) is 5.70 Å². The smallest absolute Gasteiger partial charge is 0.354 e. The number of methoxy groups -OCH3 is 1. The number of benzene rings is 2. The SMILES string of the molecule is COC(=O)/C(=C\c1ccccc1)Nc1ccccc1Br. The first kappa shape index (κ1) is 14.3. The van der Waals surface area contributed by atoms with Crippen LogP contribution in [0.15, 0.2) is 64.8 Å². The Morgan fingerprint density at radius 2 is 1.75 bits per heavy atom. The van der Waals surface area contributed by atoms with Crippen molar-refractivity contribution in [2.75, 3.05) is 12.4 Å². The molecule has 0 aliphatic heterocycles. The Hall–Kier alpha value is -2.07. The normalized spacial score (nSPS) is 11.0. The van der Waals surface area contributed by atoms with Crippen LogP contribution in [0.4, 0.5) is 5.69 Å². The van der Waals surface area contributed by atoms with E-state index in [-0.39, 0.29) is 0 Å². The molecule has 0 saturated heterocycles. The molecule has 1 N–H and O–H groups in total. The number of nitrogens with one attached hydrogen (secondary N) is 1. The summed E-state index contributed by atoms with van der Waals surface area (Å²) < 4.78 is 5.69. The highest BCUT2D eigenvalue weighted by molar-refractivity contribution is 9.10. The molecule has 0 heterocycles. The third-order valence-electron chi connectivity index (χ3n) is 2.66. The lowest BCUT2D eigenvalue weighted by atomic mass is 10.2. The Kier molecular flexibility index (Phi) is 4.96. The molecule has 4 heteroatoms. The standard InChI is InChI=1S/C16H14BrNO2/c1-20-16(19)15(11-12-7-3-2-4-8-12)18-14-10-6-5-9-13(14)17/h2-11,18H,1H3/b15-11+. The molecule has 0 fully saturated rings. The highest BCUT2D eigenvalue weighted by Gasteiger charge is 2.11. The molecule has 0 bridgehead atoms. The lowest BCUT2D eigenvalue weighted by Gasteiger charge is -2.11. The minimum absolute atomic E-state index is 0.380. The van der Waals surface area contributed by atoms with Gasteiger partial charge in [-0.3, -0.25) is 0 Å². The molecule has 0 aromatic heterocycles. The van der Waals surface area contributed by atoms with Crippen molar-refractivity contribution >= 4 is 33.7 Å². The first-order chi connectivity index (χ1) is 9.70. The summed E-state index contributed by atoms with van der Waals surface area (Å²) in [4.78, 5) is 11.9. The molecule has 0 saturated carbocycles. The van der Waals surface area contributed by atoms with E-state index in [2.05, 4.69) is 21.2 Å². The Labute approximate surface area is 126 Å². The van der Waals surface area contributed by atoms with E-state index in [1.165, 1.54) is 7.11 Å². The average molecular weight is 332 g/mol. The molecule has 0 amide bonds. The molecule has 0 aliphatic carbocycles. The molecular formula is C16H14BrNO2. The number of carbonyl (C=O) groups excluding carboxylic acids is 1. The number of halogens is 1. The third kappa shape index (κ3) is 3.71. The minimum Gasteiger partial charge on any atom is -0.464 e. The second kappa shape index (κ2) is 6.91. The van der Waals surface area contributed by atoms with Crippen molar-refractivity contribution in [3.63, 3.8) is 0 Å². The zero-order chi connectivity index (χ0) is 14.4. The van der Waals surface area contributed by atoms with Crippen LogP contribution in [0.3, 0.4) is 0 Å². The first-order valence-corrected chi connectivity index (χ1v) is 6.86. The molecule has 3 nitrogen and oxygen atoms in total. The lowest BCUT2D eigenvalue weighted by molar-refractivity contribution is -0.135. The predicted octanol–water partition coefficient (Wildman–Crippen LogP) is 4.08. The van der Waals surface area contributed by atoms with E-state index < -0.39 is 5.97 Å². The molecule has 0 radical (unpaired) electrons. The Morgan fingerprint density at radius 1 is 1.10 bits per heavy atom. The van der Waals surface area contributed by atoms with Crippen molar-refractivity contribution in [1.82, 2.24) is 0 Å². The van der Waals surface area contributed by atoms with Gasteiger partial charge in [-0.2, -0.15) is 0 Å². The first-order valence-electron chi connectivity index (χ1n) is 6.07. The molecule has 0 spiro atoms. The van der Waals surface area contributed by atoms with Gasteiger partial charge < -0.3 is 10.1 Å². The fourth-order valence-corrected chi connectivity index (χ4v) is 2.06. The van der Waals surface area contributed by atoms with Crippen LogP contribution in [-0.2, 0) is 9.53 Å². The molecule has 2 aromatic rings. The van der Waals surface area contributed by atoms with Crippen molar-refractivity contribution in [3.8, 4) is 0 Å². The predicted molar refractivity (Wildman–Crippen MR) is 84.2 cm³/mol. The number of esters is 1. The Balaban J connectivity index is 2.32. The Morgan fingerprint density at radius 3 is 2.40 bits per heavy atom. The summed E-state index contributed by atoms with van der Waals surface area (Å²) in [6.45, 7) is 0. The maximum atomic E-state index is 11.9. The van der Waals surface area contributed by atoms with E-state index in [1.54, 1.807) is 6.08 Å². The second-order valence-electron chi connectivity index (χ2n) is 4.07. The topological polar surface area (TPSA) is 38.3 Å². The number of carbonyl (C=O) groups is 1. The van der Waals surface area contributed by atoms with Crippen LogP contribution in [0.1, 0.15) is 5.56 Å². The van der Waals surface area contributed by atoms with Crippen LogP contribution in [-0.4, -0.2) is 13.1 Å². The van der Waals surface area contributed by atoms with E-state index in [1.807, 2.05) is 54.6 Å². The number of ether oxygens (including phenoxy) is 1. The van der Waals surface area contributed by atoms with Gasteiger partial charge in [0.25, 0.3) is 0 Å². The van der Waals surface area contributed by atoms with Gasteiger partial charge in [0.15, 0.2) is 0 Å². The number of hydrogen-bond acceptors (Lipinski definition) is 3. The fraction of sp³-hybridized carbons (Fsp3) is 0.0625. The van der Waals surface area contributed by atoms with E-state index in [0.717, 1.165) is 15.7 Å². The van der Waals surface area contributed by atoms with Gasteiger partial charge >= 0.3 is 5.97 Å². The summed E-state index contributed by atoms with van der Waals surface area (Å²) in [5, 5.41) is 3.09. The van der Waals surface area contributed by atoms with Crippen LogP contribution in [0, 0.1) is 0 Å². The van der Waals surface area contributed by atoms with Gasteiger partial charge in [0, 0.05) is 4.47 Å². The van der Waals surface area contributed by atoms with Gasteiger partial charge in [-0.1, -0.05) is 42.5 Å². The molecular weight excluding hydrogens is 318 g/mol. The van der Waals surface area contributed by atoms with Gasteiger partial charge in [0.2, 0.25) is 0 Å². The molecule has 0 aliphatic rings. The van der Waals surface area contributed by atoms with E-state index in [9.17, 15) is 4.79 Å². The summed E-state index contributed by atoms with van der Waals surface area (Å²) >= 11 is 3.44. The molecule has 20 heavy (non-hydrogen) atoms. The molecule has 0 atom stereocenters. The highest BCUT2D eigenvalue weighted by atomic mass is 79.9. The summed E-state index contributed by atoms with van der Waals surface area (Å²) in [7, 11) is 1.36. The summed E-state index contributed by atoms with van der Waals surface area (Å²) in [6, 6.07) is 17.2. The maximum Gasteiger partial charge on any atom is 0.354 e. The van der Waals surface area contributed by atoms with E-state index >= 15 is 0 Å². The monoisotopic (exact) mass is 331 g/mol. The number of hydrogen-bond donors (Lipinski definition) is 1. The molecule has 2 aromatic carbocycles. The lowest BCUT2D eigenvalue weighted by Crippen LogP contribution is -2.13. The molecule has 2 rings (SSSR count). The zero-order valence-electron chi connectivity index (χ0n) is 11.0. The van der Waals surface area contributed by atoms with Gasteiger partial charge in [-0.25, -0.2) is 4.79 Å². The quantitative estimate of drug-likeness (QED) is 0.677. The zero-order valence-corrected chi connectivity index (χ0v) is 12.6. The average Bonchev–Trinajstić information content (AvgIpc) is 2.49. The van der Waals surface area contributed by atoms with Crippen LogP contribution in [0.25, 0.3) is 6.08 Å². The van der Waals surface area contributed by atoms with Crippen molar-refractivity contribution in [2.45, 2.75) is 0 Å². The third-order valence-corrected chi connectivity index (χ3v) is 3.35. The summed E-state index contributed by atoms with van der Waals surface area (Å²) in [5.41, 5.74) is 2.11. The Bertz CT molecular complexity index is 623. The van der Waals surface area contributed by atoms with Gasteiger partial charge in [0.1, 0.15) is 5.70 Å². The van der Waals surface area contributed by atoms with Gasteiger partial charge in [0.05, 0.1) is 12.8 Å². The van der Waals surface area contributed by atoms with Crippen molar-refractivity contribution in [1.29, 1.82) is 0 Å². The van der Waals surface area contributed by atoms with Gasteiger partial charge in [-0.05, 0) is 39.7 Å². The van der Waals surface area contributed by atoms with Crippen LogP contribution < -0.4 is 5.32 Å². The van der Waals surface area contributed by atoms with Crippen LogP contribution in [0.5, 0.6) is 0 Å². The van der Waals surface area contributed by atoms with Crippen molar-refractivity contribution in [3.05, 3.63) is 70.3 Å². The van der Waals surface area contributed by atoms with Gasteiger partial charge in [-0.15, -0.1) is 0 Å². The van der Waals surface area contributed by atoms with E-state index in [4.69, 9.17) is 4.74 Å². The fourth-order valence-electron chi connectivity index (χ4n) is 1.68. The summed E-state index contributed by atoms with van der Waals surface area (Å²) in [5.74, 6) is -0.412.